The number of hydrogen-bond acceptors (Lipinski definition) is 7. The molecule has 5 rings (SSSR count). The first-order valence-corrected chi connectivity index (χ1v) is 13.3. The largest absolute Gasteiger partial charge is 0.459 e. The number of carbonyl (C=O) groups is 3. The zero-order valence-corrected chi connectivity index (χ0v) is 22.0. The maximum absolute atomic E-state index is 13.5. The molecule has 4 atom stereocenters. The van der Waals surface area contributed by atoms with E-state index in [1.165, 1.54) is 40.9 Å². The van der Waals surface area contributed by atoms with Crippen molar-refractivity contribution in [1.82, 2.24) is 10.2 Å². The summed E-state index contributed by atoms with van der Waals surface area (Å²) in [6, 6.07) is 19.1. The van der Waals surface area contributed by atoms with Gasteiger partial charge in [-0.1, -0.05) is 36.4 Å². The molecule has 0 saturated carbocycles. The number of β-lactam (4-membered cyclic amide) rings is 1. The van der Waals surface area contributed by atoms with Crippen LogP contribution in [-0.2, 0) is 38.7 Å². The lowest BCUT2D eigenvalue weighted by molar-refractivity contribution is -0.700. The van der Waals surface area contributed by atoms with Crippen molar-refractivity contribution >= 4 is 35.2 Å². The van der Waals surface area contributed by atoms with Crippen LogP contribution in [0.3, 0.4) is 0 Å². The normalized spacial score (nSPS) is 23.5. The molecule has 3 heterocycles. The van der Waals surface area contributed by atoms with Crippen LogP contribution in [0.15, 0.2) is 85.2 Å². The summed E-state index contributed by atoms with van der Waals surface area (Å²) in [5.74, 6) is -1.15. The van der Waals surface area contributed by atoms with Gasteiger partial charge in [0, 0.05) is 24.3 Å². The molecule has 0 spiro atoms. The smallest absolute Gasteiger partial charge is 0.330 e. The second-order valence-electron chi connectivity index (χ2n) is 9.76. The average Bonchev–Trinajstić information content (AvgIpc) is 3.21. The molecule has 2 amide bonds. The summed E-state index contributed by atoms with van der Waals surface area (Å²) in [5, 5.41) is 13.4. The van der Waals surface area contributed by atoms with E-state index in [0.29, 0.717) is 12.1 Å². The molecule has 0 unspecified atom stereocenters. The van der Waals surface area contributed by atoms with Crippen LogP contribution in [0.5, 0.6) is 0 Å². The Morgan fingerprint density at radius 2 is 1.72 bits per heavy atom. The number of nitrogens with zero attached hydrogens (tertiary/aromatic N) is 3. The van der Waals surface area contributed by atoms with Crippen molar-refractivity contribution in [2.75, 3.05) is 0 Å². The Labute approximate surface area is 229 Å². The summed E-state index contributed by atoms with van der Waals surface area (Å²) >= 11 is 1.47. The number of benzene rings is 2. The quantitative estimate of drug-likeness (QED) is 0.144. The minimum Gasteiger partial charge on any atom is -0.459 e. The summed E-state index contributed by atoms with van der Waals surface area (Å²) in [6.07, 6.45) is 3.93. The summed E-state index contributed by atoms with van der Waals surface area (Å²) in [4.78, 5) is 51.4. The van der Waals surface area contributed by atoms with Crippen molar-refractivity contribution in [2.24, 2.45) is 0 Å². The molecule has 1 N–H and O–H groups in total. The number of nitro groups is 1. The van der Waals surface area contributed by atoms with Crippen molar-refractivity contribution in [3.05, 3.63) is 106 Å². The summed E-state index contributed by atoms with van der Waals surface area (Å²) < 4.78 is 6.84. The first-order valence-electron chi connectivity index (χ1n) is 12.4. The minimum atomic E-state index is -0.881. The van der Waals surface area contributed by atoms with E-state index in [1.54, 1.807) is 0 Å². The molecule has 0 radical (unpaired) electrons. The van der Waals surface area contributed by atoms with Crippen LogP contribution in [0.4, 0.5) is 5.69 Å². The molecule has 200 valence electrons. The molecule has 3 aromatic rings. The van der Waals surface area contributed by atoms with Gasteiger partial charge in [-0.15, -0.1) is 11.8 Å². The van der Waals surface area contributed by atoms with Gasteiger partial charge in [0.1, 0.15) is 22.8 Å². The maximum Gasteiger partial charge on any atom is 0.330 e. The maximum atomic E-state index is 13.5. The number of non-ortho nitro benzene ring substituents is 1. The number of hydrogen-bond donors (Lipinski definition) is 1. The molecule has 0 aliphatic carbocycles. The van der Waals surface area contributed by atoms with Gasteiger partial charge in [-0.25, -0.2) is 9.36 Å². The van der Waals surface area contributed by atoms with E-state index in [-0.39, 0.29) is 30.5 Å². The van der Waals surface area contributed by atoms with Crippen LogP contribution in [0.25, 0.3) is 0 Å². The van der Waals surface area contributed by atoms with Crippen LogP contribution in [-0.4, -0.2) is 49.8 Å². The summed E-state index contributed by atoms with van der Waals surface area (Å²) in [6.45, 7) is 2.27. The fourth-order valence-electron chi connectivity index (χ4n) is 4.99. The Bertz CT molecular complexity index is 1390. The van der Waals surface area contributed by atoms with Gasteiger partial charge in [-0.2, -0.15) is 0 Å². The molecule has 2 aliphatic heterocycles. The minimum absolute atomic E-state index is 0.0564. The van der Waals surface area contributed by atoms with Gasteiger partial charge in [-0.3, -0.25) is 19.7 Å². The van der Waals surface area contributed by atoms with E-state index < -0.39 is 33.1 Å². The number of fused-ring (bicyclic) bond motifs is 1. The van der Waals surface area contributed by atoms with Gasteiger partial charge >= 0.3 is 5.97 Å². The molecular formula is C28H27N4O6S+. The first-order chi connectivity index (χ1) is 18.7. The SMILES string of the molecule is C[C@]1(C[n+]2ccccc2)S[C@@H]2[C@H](NC(=O)Cc3ccccc3)C(=O)N2[C@H]1C(=O)OCc1ccc([N+](=O)[O-])cc1. The van der Waals surface area contributed by atoms with E-state index in [4.69, 9.17) is 4.74 Å². The second-order valence-corrected chi connectivity index (χ2v) is 11.4. The third-order valence-electron chi connectivity index (χ3n) is 6.88. The lowest BCUT2D eigenvalue weighted by atomic mass is 9.94. The molecule has 2 saturated heterocycles. The zero-order chi connectivity index (χ0) is 27.6. The molecule has 0 bridgehead atoms. The third-order valence-corrected chi connectivity index (χ3v) is 8.51. The van der Waals surface area contributed by atoms with E-state index >= 15 is 0 Å². The molecule has 2 aliphatic rings. The fraction of sp³-hybridized carbons (Fsp3) is 0.286. The lowest BCUT2D eigenvalue weighted by Crippen LogP contribution is -2.71. The number of nitrogens with one attached hydrogen (secondary N) is 1. The fourth-order valence-corrected chi connectivity index (χ4v) is 6.77. The van der Waals surface area contributed by atoms with Gasteiger partial charge in [-0.05, 0) is 30.2 Å². The predicted molar refractivity (Wildman–Crippen MR) is 142 cm³/mol. The van der Waals surface area contributed by atoms with E-state index in [2.05, 4.69) is 5.32 Å². The van der Waals surface area contributed by atoms with Crippen molar-refractivity contribution in [3.8, 4) is 0 Å². The van der Waals surface area contributed by atoms with Crippen molar-refractivity contribution in [1.29, 1.82) is 0 Å². The molecule has 2 aromatic carbocycles. The number of pyridine rings is 1. The van der Waals surface area contributed by atoms with Gasteiger partial charge in [0.25, 0.3) is 5.69 Å². The number of amides is 2. The van der Waals surface area contributed by atoms with Crippen molar-refractivity contribution in [2.45, 2.75) is 48.7 Å². The van der Waals surface area contributed by atoms with E-state index in [1.807, 2.05) is 72.4 Å². The lowest BCUT2D eigenvalue weighted by Gasteiger charge is -2.43. The highest BCUT2D eigenvalue weighted by atomic mass is 32.2. The predicted octanol–water partition coefficient (Wildman–Crippen LogP) is 2.40. The van der Waals surface area contributed by atoms with Crippen LogP contribution < -0.4 is 9.88 Å². The summed E-state index contributed by atoms with van der Waals surface area (Å²) in [7, 11) is 0. The number of rotatable bonds is 9. The highest BCUT2D eigenvalue weighted by molar-refractivity contribution is 8.01. The molecule has 2 fully saturated rings. The zero-order valence-electron chi connectivity index (χ0n) is 21.1. The molecule has 1 aromatic heterocycles. The van der Waals surface area contributed by atoms with E-state index in [9.17, 15) is 24.5 Å². The monoisotopic (exact) mass is 547 g/mol. The van der Waals surface area contributed by atoms with E-state index in [0.717, 1.165) is 5.56 Å². The number of ether oxygens (including phenoxy) is 1. The highest BCUT2D eigenvalue weighted by Crippen LogP contribution is 2.51. The third kappa shape index (κ3) is 5.49. The number of thioether (sulfide) groups is 1. The number of esters is 1. The van der Waals surface area contributed by atoms with Crippen LogP contribution in [0, 0.1) is 10.1 Å². The highest BCUT2D eigenvalue weighted by Gasteiger charge is 2.67. The Kier molecular flexibility index (Phi) is 7.34. The second kappa shape index (κ2) is 10.9. The standard InChI is InChI=1S/C28H26N4O6S/c1-28(18-30-14-6-3-7-15-30)24(27(35)38-17-20-10-12-21(13-11-20)32(36)37)31-25(34)23(26(31)39-28)29-22(33)16-19-8-4-2-5-9-19/h2-15,23-24,26H,16-18H2,1H3/p+1/t23-,24+,26-,28-/m1/s1. The topological polar surface area (TPSA) is 123 Å². The Morgan fingerprint density at radius 3 is 2.38 bits per heavy atom. The molecule has 10 nitrogen and oxygen atoms in total. The van der Waals surface area contributed by atoms with Gasteiger partial charge < -0.3 is 15.0 Å². The van der Waals surface area contributed by atoms with Crippen molar-refractivity contribution in [3.63, 3.8) is 0 Å². The van der Waals surface area contributed by atoms with Crippen LogP contribution in [0.1, 0.15) is 18.1 Å². The first kappa shape index (κ1) is 26.4. The Balaban J connectivity index is 1.32. The summed E-state index contributed by atoms with van der Waals surface area (Å²) in [5.41, 5.74) is 1.38. The number of aromatic nitrogens is 1. The Morgan fingerprint density at radius 1 is 1.05 bits per heavy atom. The van der Waals surface area contributed by atoms with Crippen LogP contribution >= 0.6 is 11.8 Å². The van der Waals surface area contributed by atoms with Gasteiger partial charge in [0.15, 0.2) is 25.0 Å². The van der Waals surface area contributed by atoms with Gasteiger partial charge in [0.2, 0.25) is 11.8 Å². The van der Waals surface area contributed by atoms with Crippen molar-refractivity contribution < 1.29 is 28.6 Å². The Hall–Kier alpha value is -4.25. The molecular weight excluding hydrogens is 520 g/mol. The number of carbonyl (C=O) groups excluding carboxylic acids is 3. The molecule has 11 heteroatoms. The number of nitro benzene ring substituents is 1. The molecule has 39 heavy (non-hydrogen) atoms. The average molecular weight is 548 g/mol. The van der Waals surface area contributed by atoms with Gasteiger partial charge in [0.05, 0.1) is 11.3 Å². The van der Waals surface area contributed by atoms with Crippen LogP contribution in [0.2, 0.25) is 0 Å².